The van der Waals surface area contributed by atoms with E-state index < -0.39 is 16.2 Å². The van der Waals surface area contributed by atoms with Crippen LogP contribution in [-0.2, 0) is 10.0 Å². The van der Waals surface area contributed by atoms with Crippen LogP contribution < -0.4 is 84.7 Å². The molecule has 0 aliphatic heterocycles. The van der Waals surface area contributed by atoms with Gasteiger partial charge in [0.15, 0.2) is 0 Å². The molecule has 194 valence electrons. The van der Waals surface area contributed by atoms with Crippen LogP contribution in [0.4, 0.5) is 22.1 Å². The third-order valence-corrected chi connectivity index (χ3v) is 7.12. The molecule has 0 spiro atoms. The van der Waals surface area contributed by atoms with Crippen LogP contribution in [0.25, 0.3) is 32.8 Å². The summed E-state index contributed by atoms with van der Waals surface area (Å²) in [6.07, 6.45) is -0.657. The SMILES string of the molecule is CN(C)c1cccc2c(S(=O)(=O)Nc3cccc(-c4ccc5nc(N)ncc5c4)c3)cccc12.O=C([O-])[O-].[Na+].[Na+]. The zero-order chi connectivity index (χ0) is 27.4. The van der Waals surface area contributed by atoms with E-state index in [2.05, 4.69) is 14.7 Å². The van der Waals surface area contributed by atoms with Gasteiger partial charge < -0.3 is 25.6 Å². The number of fused-ring (bicyclic) bond motifs is 2. The third-order valence-electron chi connectivity index (χ3n) is 5.68. The summed E-state index contributed by atoms with van der Waals surface area (Å²) in [6.45, 7) is 0. The molecule has 0 amide bonds. The molecule has 10 nitrogen and oxygen atoms in total. The van der Waals surface area contributed by atoms with Crippen molar-refractivity contribution in [1.29, 1.82) is 0 Å². The van der Waals surface area contributed by atoms with Crippen molar-refractivity contribution in [3.8, 4) is 11.1 Å². The molecule has 1 heterocycles. The minimum absolute atomic E-state index is 0. The summed E-state index contributed by atoms with van der Waals surface area (Å²) in [5, 5.41) is 19.1. The van der Waals surface area contributed by atoms with Crippen LogP contribution in [0, 0.1) is 0 Å². The maximum absolute atomic E-state index is 13.4. The van der Waals surface area contributed by atoms with Gasteiger partial charge in [0, 0.05) is 47.8 Å². The molecule has 0 aliphatic carbocycles. The molecule has 0 fully saturated rings. The average Bonchev–Trinajstić information content (AvgIpc) is 2.87. The zero-order valence-electron chi connectivity index (χ0n) is 22.5. The fraction of sp³-hybridized carbons (Fsp3) is 0.0741. The predicted molar refractivity (Wildman–Crippen MR) is 144 cm³/mol. The Balaban J connectivity index is 0.000000877. The van der Waals surface area contributed by atoms with Gasteiger partial charge in [0.05, 0.1) is 10.4 Å². The monoisotopic (exact) mass is 575 g/mol. The van der Waals surface area contributed by atoms with Gasteiger partial charge >= 0.3 is 59.1 Å². The van der Waals surface area contributed by atoms with Gasteiger partial charge in [-0.3, -0.25) is 4.72 Å². The molecule has 5 rings (SSSR count). The van der Waals surface area contributed by atoms with Crippen LogP contribution in [0.3, 0.4) is 0 Å². The Bertz CT molecular complexity index is 1760. The summed E-state index contributed by atoms with van der Waals surface area (Å²) in [5.74, 6) is 0.225. The summed E-state index contributed by atoms with van der Waals surface area (Å²) in [7, 11) is 0.0529. The molecule has 13 heteroatoms. The Morgan fingerprint density at radius 2 is 1.50 bits per heavy atom. The fourth-order valence-electron chi connectivity index (χ4n) is 4.09. The van der Waals surface area contributed by atoms with Crippen molar-refractivity contribution in [2.75, 3.05) is 29.5 Å². The number of rotatable bonds is 5. The molecular weight excluding hydrogens is 552 g/mol. The summed E-state index contributed by atoms with van der Waals surface area (Å²) in [4.78, 5) is 18.8. The summed E-state index contributed by atoms with van der Waals surface area (Å²) in [6, 6.07) is 24.1. The van der Waals surface area contributed by atoms with E-state index in [1.807, 2.05) is 79.7 Å². The first-order valence-corrected chi connectivity index (χ1v) is 12.8. The largest absolute Gasteiger partial charge is 1.00 e. The normalized spacial score (nSPS) is 10.4. The van der Waals surface area contributed by atoms with E-state index in [4.69, 9.17) is 20.7 Å². The smallest absolute Gasteiger partial charge is 0.652 e. The second-order valence-electron chi connectivity index (χ2n) is 8.46. The van der Waals surface area contributed by atoms with Crippen molar-refractivity contribution in [3.05, 3.63) is 85.1 Å². The van der Waals surface area contributed by atoms with E-state index in [0.717, 1.165) is 33.1 Å². The van der Waals surface area contributed by atoms with Crippen molar-refractivity contribution in [1.82, 2.24) is 9.97 Å². The van der Waals surface area contributed by atoms with Gasteiger partial charge in [-0.15, -0.1) is 0 Å². The first-order chi connectivity index (χ1) is 18.0. The Kier molecular flexibility index (Phi) is 11.8. The number of nitrogens with two attached hydrogens (primary N) is 1. The van der Waals surface area contributed by atoms with Gasteiger partial charge in [0.25, 0.3) is 10.0 Å². The standard InChI is InChI=1S/C26H23N5O2S.CH2O3.2Na/c1-31(2)24-10-4-9-22-21(24)8-5-11-25(22)34(32,33)30-20-7-3-6-17(15-20)18-12-13-23-19(14-18)16-28-26(27)29-23;2-1(3)4;;/h3-16,30H,1-2H3,(H2,27,28,29);(H2,2,3,4);;/q;;2*+1/p-2. The Labute approximate surface area is 275 Å². The Hall–Kier alpha value is -2.90. The number of carbonyl (C=O) groups excluding carboxylic acids is 1. The second-order valence-corrected chi connectivity index (χ2v) is 10.1. The first-order valence-electron chi connectivity index (χ1n) is 11.3. The quantitative estimate of drug-likeness (QED) is 0.202. The summed E-state index contributed by atoms with van der Waals surface area (Å²) < 4.78 is 29.5. The van der Waals surface area contributed by atoms with E-state index in [1.165, 1.54) is 0 Å². The maximum Gasteiger partial charge on any atom is 1.00 e. The van der Waals surface area contributed by atoms with Crippen LogP contribution in [0.1, 0.15) is 0 Å². The van der Waals surface area contributed by atoms with Gasteiger partial charge in [0.2, 0.25) is 5.95 Å². The van der Waals surface area contributed by atoms with Crippen molar-refractivity contribution >= 4 is 55.2 Å². The minimum Gasteiger partial charge on any atom is -0.652 e. The molecule has 1 aromatic heterocycles. The number of anilines is 3. The molecule has 0 atom stereocenters. The predicted octanol–water partition coefficient (Wildman–Crippen LogP) is -3.54. The van der Waals surface area contributed by atoms with Crippen LogP contribution in [-0.4, -0.2) is 38.6 Å². The van der Waals surface area contributed by atoms with Crippen molar-refractivity contribution in [2.45, 2.75) is 4.90 Å². The van der Waals surface area contributed by atoms with Gasteiger partial charge in [-0.2, -0.15) is 0 Å². The van der Waals surface area contributed by atoms with E-state index >= 15 is 0 Å². The van der Waals surface area contributed by atoms with Gasteiger partial charge in [-0.05, 0) is 53.7 Å². The maximum atomic E-state index is 13.4. The van der Waals surface area contributed by atoms with E-state index in [-0.39, 0.29) is 70.0 Å². The molecule has 0 aliphatic rings. The number of carbonyl (C=O) groups is 1. The molecule has 5 aromatic rings. The number of hydrogen-bond donors (Lipinski definition) is 2. The molecule has 0 saturated heterocycles. The molecule has 0 saturated carbocycles. The van der Waals surface area contributed by atoms with Gasteiger partial charge in [-0.1, -0.05) is 42.5 Å². The zero-order valence-corrected chi connectivity index (χ0v) is 27.3. The number of nitrogens with zero attached hydrogens (tertiary/aromatic N) is 3. The molecule has 40 heavy (non-hydrogen) atoms. The van der Waals surface area contributed by atoms with Gasteiger partial charge in [-0.25, -0.2) is 18.4 Å². The number of nitrogen functional groups attached to an aromatic ring is 1. The minimum atomic E-state index is -3.82. The van der Waals surface area contributed by atoms with Crippen molar-refractivity contribution < 1.29 is 82.5 Å². The average molecular weight is 576 g/mol. The summed E-state index contributed by atoms with van der Waals surface area (Å²) in [5.41, 5.74) is 9.64. The number of aromatic nitrogens is 2. The fourth-order valence-corrected chi connectivity index (χ4v) is 5.36. The third kappa shape index (κ3) is 7.85. The number of carboxylic acid groups (broad SMARTS) is 2. The van der Waals surface area contributed by atoms with Crippen LogP contribution >= 0.6 is 0 Å². The molecule has 4 aromatic carbocycles. The van der Waals surface area contributed by atoms with Crippen molar-refractivity contribution in [3.63, 3.8) is 0 Å². The van der Waals surface area contributed by atoms with E-state index in [9.17, 15) is 8.42 Å². The Morgan fingerprint density at radius 1 is 0.875 bits per heavy atom. The number of sulfonamides is 1. The molecule has 3 N–H and O–H groups in total. The molecule has 0 unspecified atom stereocenters. The molecule has 0 bridgehead atoms. The molecular formula is C27H23N5Na2O5S. The van der Waals surface area contributed by atoms with Gasteiger partial charge in [0.1, 0.15) is 0 Å². The van der Waals surface area contributed by atoms with E-state index in [1.54, 1.807) is 24.4 Å². The van der Waals surface area contributed by atoms with Crippen LogP contribution in [0.15, 0.2) is 90.0 Å². The topological polar surface area (TPSA) is 164 Å². The molecule has 0 radical (unpaired) electrons. The second kappa shape index (κ2) is 14.1. The van der Waals surface area contributed by atoms with Crippen LogP contribution in [0.5, 0.6) is 0 Å². The van der Waals surface area contributed by atoms with Crippen molar-refractivity contribution in [2.24, 2.45) is 0 Å². The number of hydrogen-bond acceptors (Lipinski definition) is 9. The summed E-state index contributed by atoms with van der Waals surface area (Å²) >= 11 is 0. The van der Waals surface area contributed by atoms with Crippen LogP contribution in [0.2, 0.25) is 0 Å². The number of nitrogens with one attached hydrogen (secondary N) is 1. The van der Waals surface area contributed by atoms with E-state index in [0.29, 0.717) is 11.1 Å². The Morgan fingerprint density at radius 3 is 2.20 bits per heavy atom. The first kappa shape index (κ1) is 33.3. The number of benzene rings is 4.